The molecule has 0 aromatic carbocycles. The molecule has 0 atom stereocenters. The van der Waals surface area contributed by atoms with Gasteiger partial charge in [0.2, 0.25) is 5.60 Å². The summed E-state index contributed by atoms with van der Waals surface area (Å²) in [5.41, 5.74) is -1.63. The van der Waals surface area contributed by atoms with Gasteiger partial charge in [-0.15, -0.1) is 0 Å². The second-order valence-electron chi connectivity index (χ2n) is 2.86. The van der Waals surface area contributed by atoms with Crippen LogP contribution in [-0.4, -0.2) is 49.7 Å². The molecule has 0 saturated carbocycles. The summed E-state index contributed by atoms with van der Waals surface area (Å²) in [7, 11) is 0. The van der Waals surface area contributed by atoms with Crippen molar-refractivity contribution in [3.8, 4) is 0 Å². The van der Waals surface area contributed by atoms with E-state index in [1.54, 1.807) is 6.92 Å². The zero-order valence-electron chi connectivity index (χ0n) is 7.62. The molecule has 0 amide bonds. The molecule has 76 valence electrons. The first-order valence-corrected chi connectivity index (χ1v) is 4.24. The van der Waals surface area contributed by atoms with E-state index in [4.69, 9.17) is 14.2 Å². The van der Waals surface area contributed by atoms with Crippen molar-refractivity contribution in [2.75, 3.05) is 33.0 Å². The van der Waals surface area contributed by atoms with Crippen LogP contribution in [0.3, 0.4) is 0 Å². The zero-order valence-corrected chi connectivity index (χ0v) is 7.62. The number of aliphatic hydroxyl groups is 1. The van der Waals surface area contributed by atoms with Crippen LogP contribution in [0.4, 0.5) is 0 Å². The normalized spacial score (nSPS) is 22.0. The molecule has 0 aromatic rings. The van der Waals surface area contributed by atoms with E-state index in [-0.39, 0.29) is 19.8 Å². The number of ether oxygens (including phenoxy) is 3. The van der Waals surface area contributed by atoms with E-state index < -0.39 is 11.6 Å². The van der Waals surface area contributed by atoms with E-state index in [1.165, 1.54) is 0 Å². The molecule has 5 nitrogen and oxygen atoms in total. The van der Waals surface area contributed by atoms with Gasteiger partial charge in [-0.25, -0.2) is 4.79 Å². The Hall–Kier alpha value is -0.650. The van der Waals surface area contributed by atoms with Crippen LogP contribution in [0.1, 0.15) is 6.92 Å². The van der Waals surface area contributed by atoms with E-state index in [9.17, 15) is 9.90 Å². The van der Waals surface area contributed by atoms with Crippen LogP contribution in [0.2, 0.25) is 0 Å². The van der Waals surface area contributed by atoms with Crippen LogP contribution >= 0.6 is 0 Å². The van der Waals surface area contributed by atoms with Crippen molar-refractivity contribution in [2.45, 2.75) is 12.5 Å². The molecule has 5 heteroatoms. The third kappa shape index (κ3) is 2.65. The fraction of sp³-hybridized carbons (Fsp3) is 0.875. The summed E-state index contributed by atoms with van der Waals surface area (Å²) >= 11 is 0. The van der Waals surface area contributed by atoms with E-state index in [0.29, 0.717) is 13.2 Å². The summed E-state index contributed by atoms with van der Waals surface area (Å²) in [5.74, 6) is -0.683. The summed E-state index contributed by atoms with van der Waals surface area (Å²) in [6, 6.07) is 0. The smallest absolute Gasteiger partial charge is 0.343 e. The molecule has 0 unspecified atom stereocenters. The fourth-order valence-corrected chi connectivity index (χ4v) is 1.02. The molecule has 1 heterocycles. The average molecular weight is 190 g/mol. The minimum absolute atomic E-state index is 0.0637. The Morgan fingerprint density at radius 2 is 2.00 bits per heavy atom. The lowest BCUT2D eigenvalue weighted by atomic mass is 10.1. The molecule has 0 spiro atoms. The molecule has 0 aromatic heterocycles. The molecule has 1 saturated heterocycles. The minimum Gasteiger partial charge on any atom is -0.464 e. The summed E-state index contributed by atoms with van der Waals surface area (Å²) in [4.78, 5) is 11.2. The monoisotopic (exact) mass is 190 g/mol. The first kappa shape index (κ1) is 10.4. The lowest BCUT2D eigenvalue weighted by molar-refractivity contribution is -0.173. The van der Waals surface area contributed by atoms with Crippen molar-refractivity contribution in [1.82, 2.24) is 0 Å². The van der Waals surface area contributed by atoms with Gasteiger partial charge in [-0.1, -0.05) is 0 Å². The molecule has 1 aliphatic rings. The number of rotatable bonds is 2. The van der Waals surface area contributed by atoms with Gasteiger partial charge in [0.25, 0.3) is 0 Å². The summed E-state index contributed by atoms with van der Waals surface area (Å²) < 4.78 is 14.7. The Balaban J connectivity index is 2.55. The number of hydrogen-bond acceptors (Lipinski definition) is 5. The fourth-order valence-electron chi connectivity index (χ4n) is 1.02. The Kier molecular flexibility index (Phi) is 3.65. The highest BCUT2D eigenvalue weighted by atomic mass is 16.6. The van der Waals surface area contributed by atoms with E-state index in [1.807, 2.05) is 0 Å². The van der Waals surface area contributed by atoms with Crippen molar-refractivity contribution in [1.29, 1.82) is 0 Å². The van der Waals surface area contributed by atoms with Gasteiger partial charge >= 0.3 is 5.97 Å². The highest BCUT2D eigenvalue weighted by molar-refractivity contribution is 5.79. The molecular formula is C8H14O5. The maximum absolute atomic E-state index is 11.2. The first-order chi connectivity index (χ1) is 6.19. The number of carbonyl (C=O) groups excluding carboxylic acids is 1. The quantitative estimate of drug-likeness (QED) is 0.585. The topological polar surface area (TPSA) is 65.0 Å². The predicted octanol–water partition coefficient (Wildman–Crippen LogP) is -0.673. The van der Waals surface area contributed by atoms with Crippen LogP contribution in [0.15, 0.2) is 0 Å². The molecule has 1 fully saturated rings. The van der Waals surface area contributed by atoms with Crippen LogP contribution in [0.25, 0.3) is 0 Å². The molecule has 1 rings (SSSR count). The molecular weight excluding hydrogens is 176 g/mol. The van der Waals surface area contributed by atoms with Crippen molar-refractivity contribution >= 4 is 5.97 Å². The van der Waals surface area contributed by atoms with E-state index in [0.717, 1.165) is 0 Å². The lowest BCUT2D eigenvalue weighted by Crippen LogP contribution is -2.47. The maximum Gasteiger partial charge on any atom is 0.343 e. The number of esters is 1. The van der Waals surface area contributed by atoms with Crippen molar-refractivity contribution in [3.63, 3.8) is 0 Å². The summed E-state index contributed by atoms with van der Waals surface area (Å²) in [6.45, 7) is 2.57. The Morgan fingerprint density at radius 1 is 1.46 bits per heavy atom. The second kappa shape index (κ2) is 4.55. The standard InChI is InChI=1S/C8H14O5/c1-2-13-7(9)8(10)5-11-3-4-12-6-8/h10H,2-6H2,1H3. The Labute approximate surface area is 76.6 Å². The first-order valence-electron chi connectivity index (χ1n) is 4.24. The largest absolute Gasteiger partial charge is 0.464 e. The third-order valence-electron chi connectivity index (χ3n) is 1.71. The maximum atomic E-state index is 11.2. The van der Waals surface area contributed by atoms with E-state index in [2.05, 4.69) is 0 Å². The van der Waals surface area contributed by atoms with Crippen LogP contribution < -0.4 is 0 Å². The van der Waals surface area contributed by atoms with Gasteiger partial charge in [0.15, 0.2) is 0 Å². The van der Waals surface area contributed by atoms with Gasteiger partial charge in [-0.05, 0) is 6.92 Å². The van der Waals surface area contributed by atoms with Gasteiger partial charge in [-0.3, -0.25) is 0 Å². The highest BCUT2D eigenvalue weighted by Crippen LogP contribution is 2.11. The SMILES string of the molecule is CCOC(=O)C1(O)COCCOC1. The molecule has 0 radical (unpaired) electrons. The molecule has 1 aliphatic heterocycles. The zero-order chi connectivity index (χ0) is 9.73. The van der Waals surface area contributed by atoms with Gasteiger partial charge in [0, 0.05) is 0 Å². The highest BCUT2D eigenvalue weighted by Gasteiger charge is 2.39. The molecule has 0 aliphatic carbocycles. The van der Waals surface area contributed by atoms with Crippen LogP contribution in [-0.2, 0) is 19.0 Å². The van der Waals surface area contributed by atoms with Crippen molar-refractivity contribution in [2.24, 2.45) is 0 Å². The Morgan fingerprint density at radius 3 is 2.46 bits per heavy atom. The van der Waals surface area contributed by atoms with Crippen LogP contribution in [0.5, 0.6) is 0 Å². The van der Waals surface area contributed by atoms with E-state index >= 15 is 0 Å². The molecule has 13 heavy (non-hydrogen) atoms. The molecule has 0 bridgehead atoms. The van der Waals surface area contributed by atoms with Crippen LogP contribution in [0, 0.1) is 0 Å². The number of hydrogen-bond donors (Lipinski definition) is 1. The average Bonchev–Trinajstić information content (AvgIpc) is 2.32. The molecule has 1 N–H and O–H groups in total. The van der Waals surface area contributed by atoms with Gasteiger partial charge in [0.1, 0.15) is 0 Å². The van der Waals surface area contributed by atoms with Gasteiger partial charge < -0.3 is 19.3 Å². The lowest BCUT2D eigenvalue weighted by Gasteiger charge is -2.22. The van der Waals surface area contributed by atoms with Gasteiger partial charge in [-0.2, -0.15) is 0 Å². The van der Waals surface area contributed by atoms with Crippen molar-refractivity contribution in [3.05, 3.63) is 0 Å². The summed E-state index contributed by atoms with van der Waals surface area (Å²) in [6.07, 6.45) is 0. The Bertz CT molecular complexity index is 171. The summed E-state index contributed by atoms with van der Waals surface area (Å²) in [5, 5.41) is 9.73. The third-order valence-corrected chi connectivity index (χ3v) is 1.71. The minimum atomic E-state index is -1.63. The predicted molar refractivity (Wildman–Crippen MR) is 43.2 cm³/mol. The second-order valence-corrected chi connectivity index (χ2v) is 2.86. The van der Waals surface area contributed by atoms with Crippen molar-refractivity contribution < 1.29 is 24.1 Å². The van der Waals surface area contributed by atoms with Gasteiger partial charge in [0.05, 0.1) is 33.0 Å². The number of carbonyl (C=O) groups is 1.